The maximum Gasteiger partial charge on any atom is 0.239 e. The van der Waals surface area contributed by atoms with Crippen LogP contribution in [0.15, 0.2) is 24.4 Å². The number of thiophene rings is 1. The molecule has 2 aromatic rings. The average molecular weight is 235 g/mol. The first-order chi connectivity index (χ1) is 7.78. The molecule has 0 aliphatic rings. The van der Waals surface area contributed by atoms with Crippen LogP contribution in [-0.2, 0) is 6.54 Å². The van der Waals surface area contributed by atoms with Crippen LogP contribution in [0.2, 0.25) is 0 Å². The maximum atomic E-state index is 5.23. The summed E-state index contributed by atoms with van der Waals surface area (Å²) in [5, 5.41) is 3.21. The van der Waals surface area contributed by atoms with Crippen molar-refractivity contribution in [1.29, 1.82) is 0 Å². The number of nitrogen functional groups attached to an aromatic ring is 1. The first-order valence-electron chi connectivity index (χ1n) is 4.87. The number of hydrogen-bond donors (Lipinski definition) is 3. The molecular formula is C10H13N5S. The minimum Gasteiger partial charge on any atom is -0.365 e. The lowest BCUT2D eigenvalue weighted by molar-refractivity contribution is 1.08. The van der Waals surface area contributed by atoms with Gasteiger partial charge in [0.2, 0.25) is 5.95 Å². The summed E-state index contributed by atoms with van der Waals surface area (Å²) >= 11 is 1.77. The molecule has 0 bridgehead atoms. The number of nitrogens with one attached hydrogen (secondary N) is 2. The molecule has 0 atom stereocenters. The lowest BCUT2D eigenvalue weighted by Crippen LogP contribution is -2.11. The quantitative estimate of drug-likeness (QED) is 0.556. The SMILES string of the molecule is Cc1ccc(CNc2ccnc(NN)n2)s1. The molecule has 4 N–H and O–H groups in total. The van der Waals surface area contributed by atoms with Gasteiger partial charge in [-0.3, -0.25) is 5.43 Å². The Morgan fingerprint density at radius 1 is 1.38 bits per heavy atom. The van der Waals surface area contributed by atoms with Crippen molar-refractivity contribution in [2.24, 2.45) is 5.84 Å². The van der Waals surface area contributed by atoms with Gasteiger partial charge in [0.1, 0.15) is 5.82 Å². The summed E-state index contributed by atoms with van der Waals surface area (Å²) in [5.41, 5.74) is 2.41. The number of nitrogens with two attached hydrogens (primary N) is 1. The molecular weight excluding hydrogens is 222 g/mol. The third-order valence-electron chi connectivity index (χ3n) is 2.02. The lowest BCUT2D eigenvalue weighted by atomic mass is 10.4. The van der Waals surface area contributed by atoms with Gasteiger partial charge >= 0.3 is 0 Å². The van der Waals surface area contributed by atoms with Crippen LogP contribution in [-0.4, -0.2) is 9.97 Å². The molecule has 84 valence electrons. The molecule has 16 heavy (non-hydrogen) atoms. The molecule has 0 saturated heterocycles. The molecule has 0 aliphatic heterocycles. The van der Waals surface area contributed by atoms with Gasteiger partial charge in [0.25, 0.3) is 0 Å². The van der Waals surface area contributed by atoms with Crippen molar-refractivity contribution in [1.82, 2.24) is 9.97 Å². The fraction of sp³-hybridized carbons (Fsp3) is 0.200. The molecule has 2 heterocycles. The fourth-order valence-corrected chi connectivity index (χ4v) is 2.11. The normalized spacial score (nSPS) is 10.1. The summed E-state index contributed by atoms with van der Waals surface area (Å²) in [4.78, 5) is 10.7. The predicted octanol–water partition coefficient (Wildman–Crippen LogP) is 1.74. The number of anilines is 2. The second-order valence-corrected chi connectivity index (χ2v) is 4.65. The van der Waals surface area contributed by atoms with Crippen LogP contribution in [0.25, 0.3) is 0 Å². The van der Waals surface area contributed by atoms with Crippen LogP contribution in [0.1, 0.15) is 9.75 Å². The second-order valence-electron chi connectivity index (χ2n) is 3.28. The molecule has 0 saturated carbocycles. The van der Waals surface area contributed by atoms with Gasteiger partial charge in [-0.25, -0.2) is 10.8 Å². The van der Waals surface area contributed by atoms with E-state index in [1.54, 1.807) is 23.6 Å². The number of aromatic nitrogens is 2. The Morgan fingerprint density at radius 3 is 2.94 bits per heavy atom. The highest BCUT2D eigenvalue weighted by Gasteiger charge is 1.99. The number of hydrogen-bond acceptors (Lipinski definition) is 6. The minimum atomic E-state index is 0.410. The van der Waals surface area contributed by atoms with E-state index in [1.807, 2.05) is 0 Å². The van der Waals surface area contributed by atoms with Crippen molar-refractivity contribution in [2.45, 2.75) is 13.5 Å². The van der Waals surface area contributed by atoms with Gasteiger partial charge in [-0.2, -0.15) is 4.98 Å². The van der Waals surface area contributed by atoms with Gasteiger partial charge in [0, 0.05) is 16.0 Å². The molecule has 0 radical (unpaired) electrons. The summed E-state index contributed by atoms with van der Waals surface area (Å²) < 4.78 is 0. The molecule has 6 heteroatoms. The van der Waals surface area contributed by atoms with E-state index >= 15 is 0 Å². The first kappa shape index (κ1) is 10.8. The molecule has 2 rings (SSSR count). The topological polar surface area (TPSA) is 75.9 Å². The van der Waals surface area contributed by atoms with E-state index in [-0.39, 0.29) is 0 Å². The Kier molecular flexibility index (Phi) is 3.33. The largest absolute Gasteiger partial charge is 0.365 e. The minimum absolute atomic E-state index is 0.410. The molecule has 0 aromatic carbocycles. The molecule has 5 nitrogen and oxygen atoms in total. The predicted molar refractivity (Wildman–Crippen MR) is 66.2 cm³/mol. The highest BCUT2D eigenvalue weighted by atomic mass is 32.1. The Labute approximate surface area is 97.7 Å². The van der Waals surface area contributed by atoms with E-state index in [9.17, 15) is 0 Å². The summed E-state index contributed by atoms with van der Waals surface area (Å²) in [7, 11) is 0. The zero-order valence-electron chi connectivity index (χ0n) is 8.90. The summed E-state index contributed by atoms with van der Waals surface area (Å²) in [6, 6.07) is 6.02. The van der Waals surface area contributed by atoms with Gasteiger partial charge < -0.3 is 5.32 Å². The van der Waals surface area contributed by atoms with Gasteiger partial charge in [0.15, 0.2) is 0 Å². The molecule has 0 aliphatic carbocycles. The van der Waals surface area contributed by atoms with E-state index < -0.39 is 0 Å². The lowest BCUT2D eigenvalue weighted by Gasteiger charge is -2.04. The van der Waals surface area contributed by atoms with Crippen molar-refractivity contribution >= 4 is 23.1 Å². The Bertz CT molecular complexity index is 468. The molecule has 2 aromatic heterocycles. The van der Waals surface area contributed by atoms with Gasteiger partial charge in [-0.1, -0.05) is 0 Å². The first-order valence-corrected chi connectivity index (χ1v) is 5.68. The van der Waals surface area contributed by atoms with Crippen molar-refractivity contribution < 1.29 is 0 Å². The second kappa shape index (κ2) is 4.91. The Morgan fingerprint density at radius 2 is 2.25 bits per heavy atom. The smallest absolute Gasteiger partial charge is 0.239 e. The highest BCUT2D eigenvalue weighted by molar-refractivity contribution is 7.11. The van der Waals surface area contributed by atoms with Crippen LogP contribution in [0.4, 0.5) is 11.8 Å². The highest BCUT2D eigenvalue weighted by Crippen LogP contribution is 2.16. The number of rotatable bonds is 4. The van der Waals surface area contributed by atoms with Crippen LogP contribution < -0.4 is 16.6 Å². The van der Waals surface area contributed by atoms with Crippen molar-refractivity contribution in [2.75, 3.05) is 10.7 Å². The Hall–Kier alpha value is -1.66. The summed E-state index contributed by atoms with van der Waals surface area (Å²) in [5.74, 6) is 6.40. The number of nitrogens with zero attached hydrogens (tertiary/aromatic N) is 2. The van der Waals surface area contributed by atoms with Crippen LogP contribution in [0, 0.1) is 6.92 Å². The van der Waals surface area contributed by atoms with E-state index in [2.05, 4.69) is 39.8 Å². The zero-order valence-corrected chi connectivity index (χ0v) is 9.71. The van der Waals surface area contributed by atoms with E-state index in [1.165, 1.54) is 9.75 Å². The average Bonchev–Trinajstić information content (AvgIpc) is 2.73. The monoisotopic (exact) mass is 235 g/mol. The van der Waals surface area contributed by atoms with E-state index in [0.29, 0.717) is 5.95 Å². The zero-order chi connectivity index (χ0) is 11.4. The maximum absolute atomic E-state index is 5.23. The van der Waals surface area contributed by atoms with Crippen molar-refractivity contribution in [3.63, 3.8) is 0 Å². The van der Waals surface area contributed by atoms with Gasteiger partial charge in [-0.05, 0) is 25.1 Å². The fourth-order valence-electron chi connectivity index (χ4n) is 1.28. The van der Waals surface area contributed by atoms with Crippen molar-refractivity contribution in [3.8, 4) is 0 Å². The Balaban J connectivity index is 1.99. The molecule has 0 amide bonds. The third-order valence-corrected chi connectivity index (χ3v) is 3.03. The molecule has 0 spiro atoms. The van der Waals surface area contributed by atoms with Crippen LogP contribution in [0.3, 0.4) is 0 Å². The van der Waals surface area contributed by atoms with E-state index in [4.69, 9.17) is 5.84 Å². The van der Waals surface area contributed by atoms with Crippen LogP contribution >= 0.6 is 11.3 Å². The summed E-state index contributed by atoms with van der Waals surface area (Å²) in [6.45, 7) is 2.86. The number of hydrazine groups is 1. The van der Waals surface area contributed by atoms with Crippen LogP contribution in [0.5, 0.6) is 0 Å². The van der Waals surface area contributed by atoms with Gasteiger partial charge in [0.05, 0.1) is 6.54 Å². The number of aryl methyl sites for hydroxylation is 1. The van der Waals surface area contributed by atoms with E-state index in [0.717, 1.165) is 12.4 Å². The molecule has 0 unspecified atom stereocenters. The standard InChI is InChI=1S/C10H13N5S/c1-7-2-3-8(16-7)6-13-9-4-5-12-10(14-9)15-11/h2-5H,6,11H2,1H3,(H2,12,13,14,15). The third kappa shape index (κ3) is 2.68. The molecule has 0 fully saturated rings. The summed E-state index contributed by atoms with van der Waals surface area (Å²) in [6.07, 6.45) is 1.66. The van der Waals surface area contributed by atoms with Gasteiger partial charge in [-0.15, -0.1) is 11.3 Å². The van der Waals surface area contributed by atoms with Crippen molar-refractivity contribution in [3.05, 3.63) is 34.2 Å².